The van der Waals surface area contributed by atoms with E-state index in [4.69, 9.17) is 5.48 Å². The normalized spacial score (nSPS) is 35.6. The van der Waals surface area contributed by atoms with Crippen molar-refractivity contribution in [3.05, 3.63) is 23.3 Å². The number of hydrogen-bond donors (Lipinski definition) is 0. The van der Waals surface area contributed by atoms with E-state index < -0.39 is 25.6 Å². The summed E-state index contributed by atoms with van der Waals surface area (Å²) in [4.78, 5) is 0. The molecule has 0 heterocycles. The standard InChI is InChI=1S/C8H17BN.2C2H6N.CH3.Zr/c1-9(10-2)7-8-5-3-4-6-8;2*1-3-2;;/h8H,3-7H2,1-2H3;2*1-2H3;1H3;/q4*-1;+4/i3D,4D,5D,6D;;;;. The Labute approximate surface area is 141 Å². The maximum Gasteiger partial charge on any atom is 4.00 e. The summed E-state index contributed by atoms with van der Waals surface area (Å²) in [6, 6.07) is 0. The van der Waals surface area contributed by atoms with Crippen LogP contribution in [0.2, 0.25) is 13.1 Å². The summed E-state index contributed by atoms with van der Waals surface area (Å²) in [5.74, 6) is -0.154. The summed E-state index contributed by atoms with van der Waals surface area (Å²) in [7, 11) is 8.73. The van der Waals surface area contributed by atoms with Crippen molar-refractivity contribution in [3.63, 3.8) is 0 Å². The minimum Gasteiger partial charge on any atom is -0.689 e. The van der Waals surface area contributed by atoms with Crippen LogP contribution in [0.3, 0.4) is 0 Å². The van der Waals surface area contributed by atoms with Gasteiger partial charge >= 0.3 is 26.2 Å². The van der Waals surface area contributed by atoms with Crippen molar-refractivity contribution in [2.75, 3.05) is 35.2 Å². The summed E-state index contributed by atoms with van der Waals surface area (Å²) >= 11 is 0. The molecule has 0 aromatic carbocycles. The quantitative estimate of drug-likeness (QED) is 0.538. The second-order valence-corrected chi connectivity index (χ2v) is 3.67. The summed E-state index contributed by atoms with van der Waals surface area (Å²) in [6.45, 7) is 2.09. The maximum atomic E-state index is 7.76. The van der Waals surface area contributed by atoms with E-state index in [1.54, 1.807) is 35.2 Å². The molecule has 3 nitrogen and oxygen atoms in total. The van der Waals surface area contributed by atoms with Crippen LogP contribution in [0, 0.1) is 13.3 Å². The molecule has 1 aliphatic rings. The molecule has 0 aromatic heterocycles. The third kappa shape index (κ3) is 22.0. The minimum absolute atomic E-state index is 0. The van der Waals surface area contributed by atoms with E-state index in [2.05, 4.69) is 15.9 Å². The Bertz CT molecular complexity index is 217. The van der Waals surface area contributed by atoms with E-state index in [-0.39, 0.29) is 46.4 Å². The van der Waals surface area contributed by atoms with Crippen LogP contribution >= 0.6 is 0 Å². The van der Waals surface area contributed by atoms with Gasteiger partial charge in [-0.2, -0.15) is 35.2 Å². The second kappa shape index (κ2) is 23.0. The van der Waals surface area contributed by atoms with Gasteiger partial charge in [-0.3, -0.25) is 0 Å². The molecular weight excluding hydrogens is 300 g/mol. The molecule has 0 amide bonds. The van der Waals surface area contributed by atoms with Crippen molar-refractivity contribution in [1.29, 1.82) is 0 Å². The fraction of sp³-hybridized carbons (Fsp3) is 0.923. The molecule has 0 N–H and O–H groups in total. The molecule has 1 saturated carbocycles. The van der Waals surface area contributed by atoms with Gasteiger partial charge in [0, 0.05) is 12.3 Å². The first-order valence-corrected chi connectivity index (χ1v) is 5.55. The van der Waals surface area contributed by atoms with Crippen molar-refractivity contribution >= 4 is 6.85 Å². The zero-order valence-electron chi connectivity index (χ0n) is 17.0. The smallest absolute Gasteiger partial charge is 0.689 e. The Balaban J connectivity index is -0.000000176. The van der Waals surface area contributed by atoms with E-state index in [0.717, 1.165) is 0 Å². The molecule has 1 aliphatic carbocycles. The first kappa shape index (κ1) is 16.9. The number of nitrogens with zero attached hydrogens (tertiary/aromatic N) is 3. The van der Waals surface area contributed by atoms with Crippen molar-refractivity contribution in [3.8, 4) is 0 Å². The van der Waals surface area contributed by atoms with Gasteiger partial charge in [0.15, 0.2) is 0 Å². The fourth-order valence-electron chi connectivity index (χ4n) is 1.13. The van der Waals surface area contributed by atoms with Crippen LogP contribution < -0.4 is 0 Å². The summed E-state index contributed by atoms with van der Waals surface area (Å²) in [5.41, 5.74) is 0. The molecule has 0 radical (unpaired) electrons. The monoisotopic (exact) mass is 335 g/mol. The molecule has 18 heavy (non-hydrogen) atoms. The van der Waals surface area contributed by atoms with Crippen LogP contribution in [-0.4, -0.2) is 42.1 Å². The fourth-order valence-corrected chi connectivity index (χ4v) is 1.13. The molecule has 0 aliphatic heterocycles. The molecule has 4 unspecified atom stereocenters. The SMILES string of the molecule is C[N-]C.C[N-]C.[2H]C1C([2H])C([2H])C(CB(C)[N-]C)C1[2H].[CH3-].[Zr+4]. The average Bonchev–Trinajstić information content (AvgIpc) is 2.58. The van der Waals surface area contributed by atoms with E-state index in [1.807, 2.05) is 6.82 Å². The average molecular weight is 336 g/mol. The van der Waals surface area contributed by atoms with Crippen LogP contribution in [0.5, 0.6) is 0 Å². The van der Waals surface area contributed by atoms with Gasteiger partial charge < -0.3 is 23.3 Å². The second-order valence-electron chi connectivity index (χ2n) is 3.67. The first-order chi connectivity index (χ1) is 9.31. The maximum absolute atomic E-state index is 7.76. The zero-order valence-corrected chi connectivity index (χ0v) is 15.5. The third-order valence-corrected chi connectivity index (χ3v) is 1.88. The van der Waals surface area contributed by atoms with Crippen molar-refractivity contribution in [1.82, 2.24) is 0 Å². The summed E-state index contributed by atoms with van der Waals surface area (Å²) in [6.07, 6.45) is -1.92. The van der Waals surface area contributed by atoms with Gasteiger partial charge in [-0.05, 0) is 5.92 Å². The van der Waals surface area contributed by atoms with E-state index in [1.165, 1.54) is 0 Å². The molecule has 0 aromatic rings. The predicted molar refractivity (Wildman–Crippen MR) is 84.5 cm³/mol. The molecule has 0 bridgehead atoms. The van der Waals surface area contributed by atoms with Crippen LogP contribution in [0.4, 0.5) is 0 Å². The first-order valence-electron chi connectivity index (χ1n) is 7.86. The summed E-state index contributed by atoms with van der Waals surface area (Å²) in [5, 5.41) is 11.1. The van der Waals surface area contributed by atoms with Crippen molar-refractivity contribution in [2.45, 2.75) is 38.7 Å². The molecule has 5 heteroatoms. The van der Waals surface area contributed by atoms with Gasteiger partial charge in [0.25, 0.3) is 0 Å². The van der Waals surface area contributed by atoms with Crippen LogP contribution in [-0.2, 0) is 26.2 Å². The Hall–Kier alpha value is 0.828. The van der Waals surface area contributed by atoms with Crippen LogP contribution in [0.25, 0.3) is 15.9 Å². The minimum atomic E-state index is -0.716. The van der Waals surface area contributed by atoms with Gasteiger partial charge in [-0.15, -0.1) is 6.82 Å². The Morgan fingerprint density at radius 2 is 1.39 bits per heavy atom. The molecular formula is C13H32BN3Zr. The van der Waals surface area contributed by atoms with Crippen LogP contribution in [0.15, 0.2) is 0 Å². The van der Waals surface area contributed by atoms with Crippen LogP contribution in [0.1, 0.15) is 31.1 Å². The number of rotatable bonds is 3. The Morgan fingerprint density at radius 1 is 1.06 bits per heavy atom. The van der Waals surface area contributed by atoms with E-state index >= 15 is 0 Å². The number of hydrogen-bond acceptors (Lipinski definition) is 0. The third-order valence-electron chi connectivity index (χ3n) is 1.88. The van der Waals surface area contributed by atoms with Crippen molar-refractivity contribution < 1.29 is 31.7 Å². The van der Waals surface area contributed by atoms with Gasteiger partial charge in [0.2, 0.25) is 0 Å². The molecule has 106 valence electrons. The zero-order chi connectivity index (χ0) is 16.3. The molecule has 4 atom stereocenters. The van der Waals surface area contributed by atoms with Gasteiger partial charge in [0.1, 0.15) is 0 Å². The van der Waals surface area contributed by atoms with E-state index in [0.29, 0.717) is 6.32 Å². The van der Waals surface area contributed by atoms with E-state index in [9.17, 15) is 0 Å². The Morgan fingerprint density at radius 3 is 1.67 bits per heavy atom. The largest absolute Gasteiger partial charge is 4.00 e. The molecule has 0 saturated heterocycles. The van der Waals surface area contributed by atoms with Crippen molar-refractivity contribution in [2.24, 2.45) is 5.92 Å². The molecule has 1 fully saturated rings. The summed E-state index contributed by atoms with van der Waals surface area (Å²) < 4.78 is 30.7. The van der Waals surface area contributed by atoms with Gasteiger partial charge in [-0.25, -0.2) is 0 Å². The van der Waals surface area contributed by atoms with Gasteiger partial charge in [-0.1, -0.05) is 31.9 Å². The van der Waals surface area contributed by atoms with Gasteiger partial charge in [0.05, 0.1) is 0 Å². The topological polar surface area (TPSA) is 42.3 Å². The molecule has 1 rings (SSSR count). The predicted octanol–water partition coefficient (Wildman–Crippen LogP) is 4.49. The Kier molecular flexibility index (Phi) is 21.5. The molecule has 0 spiro atoms.